The summed E-state index contributed by atoms with van der Waals surface area (Å²) in [6.45, 7) is 4.83. The van der Waals surface area contributed by atoms with E-state index in [0.717, 1.165) is 31.9 Å². The maximum absolute atomic E-state index is 12.7. The molecule has 0 unspecified atom stereocenters. The third kappa shape index (κ3) is 6.32. The minimum atomic E-state index is -3.37. The fourth-order valence-electron chi connectivity index (χ4n) is 3.88. The molecule has 8 heteroatoms. The lowest BCUT2D eigenvalue weighted by Crippen LogP contribution is -2.43. The van der Waals surface area contributed by atoms with E-state index in [-0.39, 0.29) is 24.0 Å². The lowest BCUT2D eigenvalue weighted by atomic mass is 9.98. The Balaban J connectivity index is 0.00000280. The number of nitrogens with zero attached hydrogens (tertiary/aromatic N) is 2. The van der Waals surface area contributed by atoms with Crippen molar-refractivity contribution in [3.8, 4) is 0 Å². The molecule has 158 valence electrons. The molecule has 1 heterocycles. The quantitative estimate of drug-likeness (QED) is 0.343. The summed E-state index contributed by atoms with van der Waals surface area (Å²) in [5, 5.41) is 6.88. The second-order valence-electron chi connectivity index (χ2n) is 7.51. The maximum atomic E-state index is 12.7. The summed E-state index contributed by atoms with van der Waals surface area (Å²) in [5.74, 6) is 1.34. The molecule has 2 fully saturated rings. The molecule has 1 saturated carbocycles. The summed E-state index contributed by atoms with van der Waals surface area (Å²) < 4.78 is 27.0. The van der Waals surface area contributed by atoms with Crippen LogP contribution in [-0.4, -0.2) is 50.9 Å². The van der Waals surface area contributed by atoms with Crippen LogP contribution in [0, 0.1) is 5.92 Å². The van der Waals surface area contributed by atoms with Crippen LogP contribution < -0.4 is 10.6 Å². The summed E-state index contributed by atoms with van der Waals surface area (Å²) in [6, 6.07) is 9.26. The molecule has 0 amide bonds. The molecule has 2 N–H and O–H groups in total. The Hall–Kier alpha value is -0.870. The van der Waals surface area contributed by atoms with Crippen molar-refractivity contribution in [2.24, 2.45) is 10.9 Å². The van der Waals surface area contributed by atoms with E-state index in [2.05, 4.69) is 17.6 Å². The van der Waals surface area contributed by atoms with E-state index in [4.69, 9.17) is 4.99 Å². The molecular formula is C20H33IN4O2S. The average molecular weight is 520 g/mol. The summed E-state index contributed by atoms with van der Waals surface area (Å²) in [4.78, 5) is 5.16. The van der Waals surface area contributed by atoms with Crippen molar-refractivity contribution < 1.29 is 8.42 Å². The van der Waals surface area contributed by atoms with Gasteiger partial charge in [-0.1, -0.05) is 31.0 Å². The molecule has 1 aromatic carbocycles. The molecule has 0 bridgehead atoms. The van der Waals surface area contributed by atoms with Gasteiger partial charge in [0.15, 0.2) is 5.96 Å². The number of benzene rings is 1. The molecule has 6 nitrogen and oxygen atoms in total. The Kier molecular flexibility index (Phi) is 9.49. The van der Waals surface area contributed by atoms with Crippen molar-refractivity contribution in [2.45, 2.75) is 56.4 Å². The van der Waals surface area contributed by atoms with E-state index >= 15 is 0 Å². The number of halogens is 1. The largest absolute Gasteiger partial charge is 0.357 e. The topological polar surface area (TPSA) is 73.8 Å². The van der Waals surface area contributed by atoms with Gasteiger partial charge in [-0.05, 0) is 50.7 Å². The van der Waals surface area contributed by atoms with E-state index in [1.165, 1.54) is 25.7 Å². The number of aliphatic imine (C=N–C) groups is 1. The zero-order chi connectivity index (χ0) is 19.1. The molecule has 1 aliphatic carbocycles. The maximum Gasteiger partial charge on any atom is 0.243 e. The van der Waals surface area contributed by atoms with Crippen LogP contribution in [0.1, 0.15) is 45.4 Å². The number of sulfonamides is 1. The van der Waals surface area contributed by atoms with E-state index in [1.54, 1.807) is 28.6 Å². The number of hydrogen-bond donors (Lipinski definition) is 2. The van der Waals surface area contributed by atoms with Gasteiger partial charge in [0.2, 0.25) is 10.0 Å². The fraction of sp³-hybridized carbons (Fsp3) is 0.650. The van der Waals surface area contributed by atoms with Crippen molar-refractivity contribution in [2.75, 3.05) is 26.2 Å². The van der Waals surface area contributed by atoms with Crippen LogP contribution in [0.5, 0.6) is 0 Å². The molecular weight excluding hydrogens is 487 g/mol. The minimum absolute atomic E-state index is 0. The molecule has 0 atom stereocenters. The van der Waals surface area contributed by atoms with Crippen LogP contribution in [0.25, 0.3) is 0 Å². The second-order valence-corrected chi connectivity index (χ2v) is 9.44. The first kappa shape index (κ1) is 23.4. The first-order valence-electron chi connectivity index (χ1n) is 10.2. The number of guanidine groups is 1. The standard InChI is InChI=1S/C20H32N4O2S.HI/c1-2-21-20(23-18-8-6-7-9-18)22-16-17-12-14-24(15-13-17)27(25,26)19-10-4-3-5-11-19;/h3-5,10-11,17-18H,2,6-9,12-16H2,1H3,(H2,21,22,23);1H. The lowest BCUT2D eigenvalue weighted by molar-refractivity contribution is 0.278. The van der Waals surface area contributed by atoms with Gasteiger partial charge in [0, 0.05) is 32.2 Å². The Labute approximate surface area is 186 Å². The van der Waals surface area contributed by atoms with E-state index < -0.39 is 10.0 Å². The van der Waals surface area contributed by atoms with E-state index in [9.17, 15) is 8.42 Å². The van der Waals surface area contributed by atoms with Gasteiger partial charge >= 0.3 is 0 Å². The van der Waals surface area contributed by atoms with Gasteiger partial charge in [-0.2, -0.15) is 4.31 Å². The molecule has 0 radical (unpaired) electrons. The van der Waals surface area contributed by atoms with Gasteiger partial charge in [0.25, 0.3) is 0 Å². The first-order chi connectivity index (χ1) is 13.1. The highest BCUT2D eigenvalue weighted by Crippen LogP contribution is 2.24. The highest BCUT2D eigenvalue weighted by Gasteiger charge is 2.29. The summed E-state index contributed by atoms with van der Waals surface area (Å²) in [5.41, 5.74) is 0. The monoisotopic (exact) mass is 520 g/mol. The summed E-state index contributed by atoms with van der Waals surface area (Å²) in [6.07, 6.45) is 6.76. The van der Waals surface area contributed by atoms with Crippen molar-refractivity contribution in [1.29, 1.82) is 0 Å². The zero-order valence-corrected chi connectivity index (χ0v) is 19.8. The summed E-state index contributed by atoms with van der Waals surface area (Å²) >= 11 is 0. The Morgan fingerprint density at radius 2 is 1.75 bits per heavy atom. The molecule has 2 aliphatic rings. The molecule has 1 saturated heterocycles. The number of piperidine rings is 1. The van der Waals surface area contributed by atoms with Crippen molar-refractivity contribution in [3.05, 3.63) is 30.3 Å². The zero-order valence-electron chi connectivity index (χ0n) is 16.6. The molecule has 1 aliphatic heterocycles. The van der Waals surface area contributed by atoms with E-state index in [1.807, 2.05) is 6.07 Å². The van der Waals surface area contributed by atoms with Crippen molar-refractivity contribution in [3.63, 3.8) is 0 Å². The molecule has 0 aromatic heterocycles. The smallest absolute Gasteiger partial charge is 0.243 e. The molecule has 28 heavy (non-hydrogen) atoms. The van der Waals surface area contributed by atoms with Gasteiger partial charge in [-0.15, -0.1) is 24.0 Å². The Morgan fingerprint density at radius 1 is 1.11 bits per heavy atom. The van der Waals surface area contributed by atoms with Gasteiger partial charge in [-0.3, -0.25) is 4.99 Å². The first-order valence-corrected chi connectivity index (χ1v) is 11.6. The highest BCUT2D eigenvalue weighted by atomic mass is 127. The molecule has 3 rings (SSSR count). The van der Waals surface area contributed by atoms with Gasteiger partial charge in [0.05, 0.1) is 4.90 Å². The van der Waals surface area contributed by atoms with Crippen LogP contribution >= 0.6 is 24.0 Å². The predicted molar refractivity (Wildman–Crippen MR) is 125 cm³/mol. The van der Waals surface area contributed by atoms with Crippen molar-refractivity contribution >= 4 is 40.0 Å². The van der Waals surface area contributed by atoms with Crippen LogP contribution in [0.3, 0.4) is 0 Å². The highest BCUT2D eigenvalue weighted by molar-refractivity contribution is 14.0. The number of rotatable bonds is 6. The summed E-state index contributed by atoms with van der Waals surface area (Å²) in [7, 11) is -3.37. The van der Waals surface area contributed by atoms with Crippen LogP contribution in [-0.2, 0) is 10.0 Å². The van der Waals surface area contributed by atoms with Gasteiger partial charge in [-0.25, -0.2) is 8.42 Å². The van der Waals surface area contributed by atoms with Gasteiger partial charge < -0.3 is 10.6 Å². The van der Waals surface area contributed by atoms with Crippen LogP contribution in [0.2, 0.25) is 0 Å². The molecule has 0 spiro atoms. The average Bonchev–Trinajstić information content (AvgIpc) is 3.20. The molecule has 1 aromatic rings. The van der Waals surface area contributed by atoms with Gasteiger partial charge in [0.1, 0.15) is 0 Å². The predicted octanol–water partition coefficient (Wildman–Crippen LogP) is 3.20. The fourth-order valence-corrected chi connectivity index (χ4v) is 5.37. The third-order valence-corrected chi connectivity index (χ3v) is 7.42. The SMILES string of the molecule is CCNC(=NCC1CCN(S(=O)(=O)c2ccccc2)CC1)NC1CCCC1.I. The second kappa shape index (κ2) is 11.3. The third-order valence-electron chi connectivity index (χ3n) is 5.50. The van der Waals surface area contributed by atoms with Crippen LogP contribution in [0.4, 0.5) is 0 Å². The van der Waals surface area contributed by atoms with Crippen molar-refractivity contribution in [1.82, 2.24) is 14.9 Å². The Bertz CT molecular complexity index is 713. The van der Waals surface area contributed by atoms with E-state index in [0.29, 0.717) is 29.9 Å². The lowest BCUT2D eigenvalue weighted by Gasteiger charge is -2.30. The minimum Gasteiger partial charge on any atom is -0.357 e. The Morgan fingerprint density at radius 3 is 2.36 bits per heavy atom. The number of hydrogen-bond acceptors (Lipinski definition) is 3. The normalized spacial score (nSPS) is 20.0. The van der Waals surface area contributed by atoms with Crippen LogP contribution in [0.15, 0.2) is 40.2 Å². The number of nitrogens with one attached hydrogen (secondary N) is 2.